The van der Waals surface area contributed by atoms with Crippen molar-refractivity contribution in [1.29, 1.82) is 0 Å². The number of furan rings is 1. The van der Waals surface area contributed by atoms with Gasteiger partial charge in [0, 0.05) is 25.2 Å². The van der Waals surface area contributed by atoms with Gasteiger partial charge in [0.25, 0.3) is 0 Å². The number of ether oxygens (including phenoxy) is 1. The first-order chi connectivity index (χ1) is 14.1. The number of aromatic nitrogens is 2. The summed E-state index contributed by atoms with van der Waals surface area (Å²) in [5, 5.41) is 4.02. The molecule has 0 aliphatic carbocycles. The van der Waals surface area contributed by atoms with E-state index in [0.717, 1.165) is 53.2 Å². The van der Waals surface area contributed by atoms with Crippen LogP contribution in [0.1, 0.15) is 29.7 Å². The Bertz CT molecular complexity index is 1010. The molecule has 1 amide bonds. The van der Waals surface area contributed by atoms with E-state index in [1.807, 2.05) is 38.1 Å². The summed E-state index contributed by atoms with van der Waals surface area (Å²) in [5.41, 5.74) is 2.71. The molecule has 0 saturated carbocycles. The standard InChI is InChI=1S/C22H26N4O3/c1-14-15(2)29-22-19(14)20(24-13-25-22)26-10-4-5-17(12-26)21(27)23-11-16-6-8-18(28-3)9-7-16/h6-9,13,17H,4-5,10-12H2,1-3H3,(H,23,27)/t17-/m1/s1. The van der Waals surface area contributed by atoms with Gasteiger partial charge in [-0.15, -0.1) is 0 Å². The molecular weight excluding hydrogens is 368 g/mol. The number of rotatable bonds is 5. The van der Waals surface area contributed by atoms with Gasteiger partial charge in [-0.25, -0.2) is 9.97 Å². The van der Waals surface area contributed by atoms with Crippen molar-refractivity contribution >= 4 is 22.8 Å². The molecule has 4 rings (SSSR count). The van der Waals surface area contributed by atoms with Crippen molar-refractivity contribution in [3.63, 3.8) is 0 Å². The Morgan fingerprint density at radius 2 is 2.07 bits per heavy atom. The Morgan fingerprint density at radius 1 is 1.28 bits per heavy atom. The first-order valence-corrected chi connectivity index (χ1v) is 9.93. The number of nitrogens with one attached hydrogen (secondary N) is 1. The van der Waals surface area contributed by atoms with Crippen LogP contribution in [0.5, 0.6) is 5.75 Å². The van der Waals surface area contributed by atoms with Crippen molar-refractivity contribution in [3.05, 3.63) is 47.5 Å². The fraction of sp³-hybridized carbons (Fsp3) is 0.409. The number of piperidine rings is 1. The van der Waals surface area contributed by atoms with Crippen LogP contribution in [0.3, 0.4) is 0 Å². The van der Waals surface area contributed by atoms with Crippen LogP contribution < -0.4 is 15.0 Å². The molecule has 7 nitrogen and oxygen atoms in total. The van der Waals surface area contributed by atoms with Crippen LogP contribution in [0.2, 0.25) is 0 Å². The number of fused-ring (bicyclic) bond motifs is 1. The molecule has 1 aromatic carbocycles. The van der Waals surface area contributed by atoms with E-state index in [0.29, 0.717) is 18.8 Å². The van der Waals surface area contributed by atoms with Gasteiger partial charge in [-0.05, 0) is 44.4 Å². The first kappa shape index (κ1) is 19.2. The molecule has 3 aromatic rings. The van der Waals surface area contributed by atoms with Crippen molar-refractivity contribution in [1.82, 2.24) is 15.3 Å². The number of methoxy groups -OCH3 is 1. The van der Waals surface area contributed by atoms with E-state index in [1.165, 1.54) is 6.33 Å². The highest BCUT2D eigenvalue weighted by Crippen LogP contribution is 2.32. The first-order valence-electron chi connectivity index (χ1n) is 9.93. The number of carbonyl (C=O) groups excluding carboxylic acids is 1. The monoisotopic (exact) mass is 394 g/mol. The van der Waals surface area contributed by atoms with E-state index in [9.17, 15) is 4.79 Å². The van der Waals surface area contributed by atoms with Crippen LogP contribution in [0.15, 0.2) is 35.0 Å². The predicted octanol–water partition coefficient (Wildman–Crippen LogP) is 3.38. The molecule has 0 bridgehead atoms. The second-order valence-electron chi connectivity index (χ2n) is 7.51. The fourth-order valence-corrected chi connectivity index (χ4v) is 3.86. The van der Waals surface area contributed by atoms with Gasteiger partial charge in [0.2, 0.25) is 11.6 Å². The quantitative estimate of drug-likeness (QED) is 0.715. The van der Waals surface area contributed by atoms with Gasteiger partial charge in [0.15, 0.2) is 0 Å². The topological polar surface area (TPSA) is 80.5 Å². The summed E-state index contributed by atoms with van der Waals surface area (Å²) in [5.74, 6) is 2.53. The molecule has 1 atom stereocenters. The molecule has 7 heteroatoms. The Hall–Kier alpha value is -3.09. The fourth-order valence-electron chi connectivity index (χ4n) is 3.86. The normalized spacial score (nSPS) is 16.8. The third-order valence-corrected chi connectivity index (χ3v) is 5.66. The number of carbonyl (C=O) groups is 1. The lowest BCUT2D eigenvalue weighted by Gasteiger charge is -2.33. The summed E-state index contributed by atoms with van der Waals surface area (Å²) >= 11 is 0. The summed E-state index contributed by atoms with van der Waals surface area (Å²) < 4.78 is 10.9. The molecule has 3 heterocycles. The largest absolute Gasteiger partial charge is 0.497 e. The van der Waals surface area contributed by atoms with Gasteiger partial charge in [-0.2, -0.15) is 0 Å². The van der Waals surface area contributed by atoms with Gasteiger partial charge in [-0.1, -0.05) is 12.1 Å². The van der Waals surface area contributed by atoms with E-state index < -0.39 is 0 Å². The second kappa shape index (κ2) is 8.11. The molecule has 1 aliphatic rings. The SMILES string of the molecule is COc1ccc(CNC(=O)[C@@H]2CCCN(c3ncnc4oc(C)c(C)c34)C2)cc1. The third-order valence-electron chi connectivity index (χ3n) is 5.66. The number of benzene rings is 1. The van der Waals surface area contributed by atoms with Gasteiger partial charge < -0.3 is 19.4 Å². The number of aryl methyl sites for hydroxylation is 2. The minimum absolute atomic E-state index is 0.0692. The van der Waals surface area contributed by atoms with Gasteiger partial charge >= 0.3 is 0 Å². The average molecular weight is 394 g/mol. The number of anilines is 1. The zero-order valence-corrected chi connectivity index (χ0v) is 17.1. The number of hydrogen-bond donors (Lipinski definition) is 1. The minimum Gasteiger partial charge on any atom is -0.497 e. The molecule has 152 valence electrons. The Balaban J connectivity index is 1.45. The summed E-state index contributed by atoms with van der Waals surface area (Å²) in [6.45, 7) is 5.99. The molecule has 0 unspecified atom stereocenters. The zero-order valence-electron chi connectivity index (χ0n) is 17.1. The van der Waals surface area contributed by atoms with E-state index in [-0.39, 0.29) is 11.8 Å². The lowest BCUT2D eigenvalue weighted by molar-refractivity contribution is -0.125. The Kier molecular flexibility index (Phi) is 5.38. The van der Waals surface area contributed by atoms with Crippen molar-refractivity contribution in [2.75, 3.05) is 25.1 Å². The molecule has 1 aliphatic heterocycles. The maximum atomic E-state index is 12.8. The Labute approximate surface area is 170 Å². The van der Waals surface area contributed by atoms with Crippen LogP contribution in [-0.4, -0.2) is 36.1 Å². The summed E-state index contributed by atoms with van der Waals surface area (Å²) in [7, 11) is 1.64. The molecule has 0 radical (unpaired) electrons. The number of amides is 1. The maximum Gasteiger partial charge on any atom is 0.231 e. The molecule has 2 aromatic heterocycles. The smallest absolute Gasteiger partial charge is 0.231 e. The molecule has 29 heavy (non-hydrogen) atoms. The van der Waals surface area contributed by atoms with Crippen molar-refractivity contribution < 1.29 is 13.9 Å². The maximum absolute atomic E-state index is 12.8. The van der Waals surface area contributed by atoms with Crippen LogP contribution in [-0.2, 0) is 11.3 Å². The van der Waals surface area contributed by atoms with Gasteiger partial charge in [0.1, 0.15) is 23.7 Å². The highest BCUT2D eigenvalue weighted by Gasteiger charge is 2.28. The van der Waals surface area contributed by atoms with Crippen LogP contribution in [0, 0.1) is 19.8 Å². The lowest BCUT2D eigenvalue weighted by atomic mass is 9.96. The Morgan fingerprint density at radius 3 is 2.83 bits per heavy atom. The van der Waals surface area contributed by atoms with E-state index in [4.69, 9.17) is 9.15 Å². The molecular formula is C22H26N4O3. The number of hydrogen-bond acceptors (Lipinski definition) is 6. The number of nitrogens with zero attached hydrogens (tertiary/aromatic N) is 3. The predicted molar refractivity (Wildman–Crippen MR) is 111 cm³/mol. The molecule has 1 saturated heterocycles. The van der Waals surface area contributed by atoms with E-state index in [2.05, 4.69) is 20.2 Å². The summed E-state index contributed by atoms with van der Waals surface area (Å²) in [6, 6.07) is 7.74. The molecule has 1 fully saturated rings. The molecule has 0 spiro atoms. The highest BCUT2D eigenvalue weighted by molar-refractivity contribution is 5.90. The summed E-state index contributed by atoms with van der Waals surface area (Å²) in [6.07, 6.45) is 3.36. The highest BCUT2D eigenvalue weighted by atomic mass is 16.5. The molecule has 1 N–H and O–H groups in total. The van der Waals surface area contributed by atoms with Crippen molar-refractivity contribution in [2.24, 2.45) is 5.92 Å². The van der Waals surface area contributed by atoms with Crippen LogP contribution >= 0.6 is 0 Å². The van der Waals surface area contributed by atoms with Crippen molar-refractivity contribution in [3.8, 4) is 5.75 Å². The lowest BCUT2D eigenvalue weighted by Crippen LogP contribution is -2.43. The summed E-state index contributed by atoms with van der Waals surface area (Å²) in [4.78, 5) is 23.8. The zero-order chi connectivity index (χ0) is 20.4. The van der Waals surface area contributed by atoms with Crippen LogP contribution in [0.4, 0.5) is 5.82 Å². The van der Waals surface area contributed by atoms with E-state index >= 15 is 0 Å². The van der Waals surface area contributed by atoms with E-state index in [1.54, 1.807) is 7.11 Å². The van der Waals surface area contributed by atoms with Gasteiger partial charge in [0.05, 0.1) is 18.4 Å². The third kappa shape index (κ3) is 3.90. The average Bonchev–Trinajstić information content (AvgIpc) is 3.06. The van der Waals surface area contributed by atoms with Crippen LogP contribution in [0.25, 0.3) is 11.1 Å². The second-order valence-corrected chi connectivity index (χ2v) is 7.51. The van der Waals surface area contributed by atoms with Gasteiger partial charge in [-0.3, -0.25) is 4.79 Å². The van der Waals surface area contributed by atoms with Crippen molar-refractivity contribution in [2.45, 2.75) is 33.2 Å². The minimum atomic E-state index is -0.0692.